The first-order valence-electron chi connectivity index (χ1n) is 11.0. The molecule has 160 valence electrons. The summed E-state index contributed by atoms with van der Waals surface area (Å²) in [6, 6.07) is 9.75. The third-order valence-electron chi connectivity index (χ3n) is 6.26. The van der Waals surface area contributed by atoms with Gasteiger partial charge < -0.3 is 15.5 Å². The van der Waals surface area contributed by atoms with Crippen molar-refractivity contribution in [3.63, 3.8) is 0 Å². The Morgan fingerprint density at radius 3 is 2.47 bits per heavy atom. The average Bonchev–Trinajstić information content (AvgIpc) is 3.44. The molecule has 1 aromatic carbocycles. The number of nitrogens with one attached hydrogen (secondary N) is 2. The second-order valence-electron chi connectivity index (χ2n) is 8.33. The molecule has 30 heavy (non-hydrogen) atoms. The van der Waals surface area contributed by atoms with E-state index in [1.54, 1.807) is 0 Å². The average molecular weight is 428 g/mol. The summed E-state index contributed by atoms with van der Waals surface area (Å²) in [5.41, 5.74) is 0.635. The van der Waals surface area contributed by atoms with Crippen LogP contribution in [-0.2, 0) is 10.2 Å². The maximum Gasteiger partial charge on any atom is 0.230 e. The minimum absolute atomic E-state index is 0.112. The van der Waals surface area contributed by atoms with Gasteiger partial charge in [-0.15, -0.1) is 0 Å². The highest BCUT2D eigenvalue weighted by Gasteiger charge is 2.42. The van der Waals surface area contributed by atoms with Crippen LogP contribution < -0.4 is 15.5 Å². The maximum absolute atomic E-state index is 13.1. The van der Waals surface area contributed by atoms with Gasteiger partial charge in [-0.2, -0.15) is 0 Å². The van der Waals surface area contributed by atoms with E-state index in [1.165, 1.54) is 12.8 Å². The van der Waals surface area contributed by atoms with Crippen molar-refractivity contribution in [1.29, 1.82) is 0 Å². The SMILES string of the molecule is Cc1nc(NCCNC(=O)C2(c3ccc(Cl)cc3)CCCC2)cc(N2CCCC2)n1. The number of amides is 1. The smallest absolute Gasteiger partial charge is 0.230 e. The summed E-state index contributed by atoms with van der Waals surface area (Å²) >= 11 is 6.05. The van der Waals surface area contributed by atoms with E-state index in [1.807, 2.05) is 37.3 Å². The zero-order valence-corrected chi connectivity index (χ0v) is 18.3. The topological polar surface area (TPSA) is 70.2 Å². The van der Waals surface area contributed by atoms with E-state index in [0.717, 1.165) is 61.8 Å². The minimum Gasteiger partial charge on any atom is -0.368 e. The first-order valence-corrected chi connectivity index (χ1v) is 11.3. The van der Waals surface area contributed by atoms with Crippen molar-refractivity contribution in [2.24, 2.45) is 0 Å². The number of carbonyl (C=O) groups excluding carboxylic acids is 1. The molecule has 0 bridgehead atoms. The summed E-state index contributed by atoms with van der Waals surface area (Å²) in [5, 5.41) is 7.19. The number of benzene rings is 1. The maximum atomic E-state index is 13.1. The Hall–Kier alpha value is -2.34. The van der Waals surface area contributed by atoms with E-state index >= 15 is 0 Å². The van der Waals surface area contributed by atoms with Crippen LogP contribution in [-0.4, -0.2) is 42.1 Å². The summed E-state index contributed by atoms with van der Waals surface area (Å²) in [5.74, 6) is 2.67. The Morgan fingerprint density at radius 2 is 1.77 bits per heavy atom. The molecular formula is C23H30ClN5O. The van der Waals surface area contributed by atoms with Gasteiger partial charge in [-0.3, -0.25) is 4.79 Å². The second kappa shape index (κ2) is 9.21. The Kier molecular flexibility index (Phi) is 6.42. The summed E-state index contributed by atoms with van der Waals surface area (Å²) in [4.78, 5) is 24.5. The fourth-order valence-electron chi connectivity index (χ4n) is 4.68. The number of carbonyl (C=O) groups is 1. The number of aromatic nitrogens is 2. The lowest BCUT2D eigenvalue weighted by Gasteiger charge is -2.28. The van der Waals surface area contributed by atoms with Crippen LogP contribution in [0, 0.1) is 6.92 Å². The van der Waals surface area contributed by atoms with Crippen LogP contribution in [0.1, 0.15) is 49.9 Å². The van der Waals surface area contributed by atoms with Gasteiger partial charge in [0.2, 0.25) is 5.91 Å². The van der Waals surface area contributed by atoms with Crippen LogP contribution in [0.25, 0.3) is 0 Å². The molecule has 2 heterocycles. The van der Waals surface area contributed by atoms with Crippen molar-refractivity contribution in [2.45, 2.75) is 50.9 Å². The number of rotatable bonds is 7. The quantitative estimate of drug-likeness (QED) is 0.651. The zero-order chi connectivity index (χ0) is 21.0. The molecule has 1 aliphatic carbocycles. The molecule has 2 N–H and O–H groups in total. The van der Waals surface area contributed by atoms with Gasteiger partial charge in [-0.05, 0) is 50.3 Å². The normalized spacial score (nSPS) is 17.9. The monoisotopic (exact) mass is 427 g/mol. The van der Waals surface area contributed by atoms with Crippen molar-refractivity contribution >= 4 is 29.1 Å². The molecule has 0 radical (unpaired) electrons. The molecule has 2 aliphatic rings. The first kappa shape index (κ1) is 20.9. The molecule has 2 fully saturated rings. The minimum atomic E-state index is -0.432. The molecule has 1 aromatic heterocycles. The van der Waals surface area contributed by atoms with Crippen molar-refractivity contribution < 1.29 is 4.79 Å². The highest BCUT2D eigenvalue weighted by Crippen LogP contribution is 2.41. The standard InChI is InChI=1S/C23H30ClN5O/c1-17-27-20(16-21(28-17)29-14-4-5-15-29)25-12-13-26-22(30)23(10-2-3-11-23)18-6-8-19(24)9-7-18/h6-9,16H,2-5,10-15H2,1H3,(H,26,30)(H,25,27,28). The lowest BCUT2D eigenvalue weighted by molar-refractivity contribution is -0.126. The van der Waals surface area contributed by atoms with E-state index < -0.39 is 5.41 Å². The molecular weight excluding hydrogens is 398 g/mol. The van der Waals surface area contributed by atoms with Gasteiger partial charge in [0, 0.05) is 37.3 Å². The van der Waals surface area contributed by atoms with Gasteiger partial charge in [0.05, 0.1) is 5.41 Å². The van der Waals surface area contributed by atoms with Crippen molar-refractivity contribution in [3.05, 3.63) is 46.7 Å². The third kappa shape index (κ3) is 4.53. The molecule has 0 atom stereocenters. The highest BCUT2D eigenvalue weighted by molar-refractivity contribution is 6.30. The molecule has 2 aromatic rings. The van der Waals surface area contributed by atoms with Crippen LogP contribution in [0.2, 0.25) is 5.02 Å². The molecule has 1 aliphatic heterocycles. The summed E-state index contributed by atoms with van der Waals surface area (Å²) in [7, 11) is 0. The molecule has 1 amide bonds. The van der Waals surface area contributed by atoms with Gasteiger partial charge in [-0.1, -0.05) is 36.6 Å². The van der Waals surface area contributed by atoms with Gasteiger partial charge in [0.1, 0.15) is 17.5 Å². The van der Waals surface area contributed by atoms with Gasteiger partial charge in [0.15, 0.2) is 0 Å². The zero-order valence-electron chi connectivity index (χ0n) is 17.6. The third-order valence-corrected chi connectivity index (χ3v) is 6.51. The fourth-order valence-corrected chi connectivity index (χ4v) is 4.81. The summed E-state index contributed by atoms with van der Waals surface area (Å²) < 4.78 is 0. The van der Waals surface area contributed by atoms with Crippen molar-refractivity contribution in [3.8, 4) is 0 Å². The first-order chi connectivity index (χ1) is 14.6. The molecule has 4 rings (SSSR count). The Labute approximate surface area is 183 Å². The van der Waals surface area contributed by atoms with Crippen LogP contribution in [0.3, 0.4) is 0 Å². The number of hydrogen-bond acceptors (Lipinski definition) is 5. The van der Waals surface area contributed by atoms with Crippen LogP contribution in [0.4, 0.5) is 11.6 Å². The molecule has 1 saturated carbocycles. The van der Waals surface area contributed by atoms with Crippen LogP contribution in [0.5, 0.6) is 0 Å². The molecule has 0 spiro atoms. The number of halogens is 1. The Balaban J connectivity index is 1.34. The fraction of sp³-hybridized carbons (Fsp3) is 0.522. The lowest BCUT2D eigenvalue weighted by Crippen LogP contribution is -2.44. The van der Waals surface area contributed by atoms with E-state index in [4.69, 9.17) is 11.6 Å². The van der Waals surface area contributed by atoms with Gasteiger partial charge >= 0.3 is 0 Å². The summed E-state index contributed by atoms with van der Waals surface area (Å²) in [6.45, 7) is 5.20. The lowest BCUT2D eigenvalue weighted by atomic mass is 9.78. The summed E-state index contributed by atoms with van der Waals surface area (Å²) in [6.07, 6.45) is 6.36. The molecule has 6 nitrogen and oxygen atoms in total. The van der Waals surface area contributed by atoms with Gasteiger partial charge in [0.25, 0.3) is 0 Å². The van der Waals surface area contributed by atoms with E-state index in [2.05, 4.69) is 25.5 Å². The second-order valence-corrected chi connectivity index (χ2v) is 8.77. The van der Waals surface area contributed by atoms with Crippen LogP contribution in [0.15, 0.2) is 30.3 Å². The highest BCUT2D eigenvalue weighted by atomic mass is 35.5. The van der Waals surface area contributed by atoms with Crippen LogP contribution >= 0.6 is 11.6 Å². The van der Waals surface area contributed by atoms with E-state index in [0.29, 0.717) is 18.1 Å². The van der Waals surface area contributed by atoms with Crippen molar-refractivity contribution in [2.75, 3.05) is 36.4 Å². The van der Waals surface area contributed by atoms with E-state index in [-0.39, 0.29) is 5.91 Å². The predicted molar refractivity (Wildman–Crippen MR) is 121 cm³/mol. The van der Waals surface area contributed by atoms with Gasteiger partial charge in [-0.25, -0.2) is 9.97 Å². The number of hydrogen-bond donors (Lipinski definition) is 2. The largest absolute Gasteiger partial charge is 0.368 e. The molecule has 1 saturated heterocycles. The number of anilines is 2. The predicted octanol–water partition coefficient (Wildman–Crippen LogP) is 4.08. The molecule has 7 heteroatoms. The van der Waals surface area contributed by atoms with Crippen molar-refractivity contribution in [1.82, 2.24) is 15.3 Å². The van der Waals surface area contributed by atoms with E-state index in [9.17, 15) is 4.79 Å². The Morgan fingerprint density at radius 1 is 1.07 bits per heavy atom. The number of aryl methyl sites for hydroxylation is 1. The molecule has 0 unspecified atom stereocenters. The number of nitrogens with zero attached hydrogens (tertiary/aromatic N) is 3. The Bertz CT molecular complexity index is 874.